The summed E-state index contributed by atoms with van der Waals surface area (Å²) in [5.74, 6) is 0.729. The summed E-state index contributed by atoms with van der Waals surface area (Å²) in [6.45, 7) is 2.07. The van der Waals surface area contributed by atoms with E-state index < -0.39 is 0 Å². The molecular formula is C19H21N3. The number of anilines is 1. The molecule has 0 unspecified atom stereocenters. The Labute approximate surface area is 132 Å². The van der Waals surface area contributed by atoms with Crippen LogP contribution in [0.1, 0.15) is 43.2 Å². The number of hydrogen-bond donors (Lipinski definition) is 1. The molecule has 0 spiro atoms. The number of hydrogen-bond acceptors (Lipinski definition) is 3. The van der Waals surface area contributed by atoms with Gasteiger partial charge in [0.25, 0.3) is 0 Å². The highest BCUT2D eigenvalue weighted by Gasteiger charge is 2.17. The average molecular weight is 291 g/mol. The molecule has 1 saturated carbocycles. The Morgan fingerprint density at radius 2 is 1.82 bits per heavy atom. The molecule has 1 aliphatic carbocycles. The molecule has 0 amide bonds. The van der Waals surface area contributed by atoms with Crippen molar-refractivity contribution < 1.29 is 0 Å². The SMILES string of the molecule is Cc1ccc(-c2ccnc(NC3CCCCC3)c2C#N)cc1. The normalized spacial score (nSPS) is 15.3. The lowest BCUT2D eigenvalue weighted by molar-refractivity contribution is 0.462. The number of nitriles is 1. The van der Waals surface area contributed by atoms with Crippen molar-refractivity contribution in [1.82, 2.24) is 4.98 Å². The molecule has 2 aromatic rings. The van der Waals surface area contributed by atoms with E-state index in [-0.39, 0.29) is 0 Å². The molecule has 1 aromatic carbocycles. The van der Waals surface area contributed by atoms with Crippen LogP contribution in [0.25, 0.3) is 11.1 Å². The lowest BCUT2D eigenvalue weighted by Crippen LogP contribution is -2.23. The van der Waals surface area contributed by atoms with Crippen LogP contribution in [0.3, 0.4) is 0 Å². The van der Waals surface area contributed by atoms with E-state index in [9.17, 15) is 5.26 Å². The zero-order chi connectivity index (χ0) is 15.4. The van der Waals surface area contributed by atoms with E-state index in [1.165, 1.54) is 37.7 Å². The molecule has 0 saturated heterocycles. The van der Waals surface area contributed by atoms with E-state index in [0.717, 1.165) is 16.9 Å². The molecule has 0 aliphatic heterocycles. The maximum absolute atomic E-state index is 9.61. The van der Waals surface area contributed by atoms with Gasteiger partial charge >= 0.3 is 0 Å². The predicted octanol–water partition coefficient (Wildman–Crippen LogP) is 4.67. The summed E-state index contributed by atoms with van der Waals surface area (Å²) < 4.78 is 0. The van der Waals surface area contributed by atoms with Crippen LogP contribution in [-0.2, 0) is 0 Å². The van der Waals surface area contributed by atoms with Crippen molar-refractivity contribution in [2.75, 3.05) is 5.32 Å². The Balaban J connectivity index is 1.93. The average Bonchev–Trinajstić information content (AvgIpc) is 2.56. The second kappa shape index (κ2) is 6.62. The van der Waals surface area contributed by atoms with Crippen molar-refractivity contribution in [1.29, 1.82) is 5.26 Å². The van der Waals surface area contributed by atoms with E-state index in [4.69, 9.17) is 0 Å². The Kier molecular flexibility index (Phi) is 4.39. The topological polar surface area (TPSA) is 48.7 Å². The fourth-order valence-corrected chi connectivity index (χ4v) is 3.10. The number of rotatable bonds is 3. The van der Waals surface area contributed by atoms with E-state index in [2.05, 4.69) is 47.6 Å². The first-order chi connectivity index (χ1) is 10.8. The highest BCUT2D eigenvalue weighted by atomic mass is 15.0. The number of benzene rings is 1. The van der Waals surface area contributed by atoms with Gasteiger partial charge in [-0.05, 0) is 31.4 Å². The molecule has 1 N–H and O–H groups in total. The van der Waals surface area contributed by atoms with E-state index >= 15 is 0 Å². The van der Waals surface area contributed by atoms with Crippen molar-refractivity contribution in [2.24, 2.45) is 0 Å². The summed E-state index contributed by atoms with van der Waals surface area (Å²) in [7, 11) is 0. The predicted molar refractivity (Wildman–Crippen MR) is 89.6 cm³/mol. The second-order valence-corrected chi connectivity index (χ2v) is 6.04. The summed E-state index contributed by atoms with van der Waals surface area (Å²) in [4.78, 5) is 4.41. The van der Waals surface area contributed by atoms with Gasteiger partial charge in [-0.2, -0.15) is 5.26 Å². The van der Waals surface area contributed by atoms with Crippen molar-refractivity contribution in [3.05, 3.63) is 47.7 Å². The molecule has 3 rings (SSSR count). The molecule has 112 valence electrons. The largest absolute Gasteiger partial charge is 0.366 e. The first-order valence-corrected chi connectivity index (χ1v) is 8.00. The first kappa shape index (κ1) is 14.6. The van der Waals surface area contributed by atoms with Gasteiger partial charge in [0.15, 0.2) is 0 Å². The molecule has 1 aromatic heterocycles. The van der Waals surface area contributed by atoms with Crippen molar-refractivity contribution >= 4 is 5.82 Å². The van der Waals surface area contributed by atoms with Gasteiger partial charge in [-0.25, -0.2) is 4.98 Å². The maximum Gasteiger partial charge on any atom is 0.144 e. The maximum atomic E-state index is 9.61. The summed E-state index contributed by atoms with van der Waals surface area (Å²) in [5, 5.41) is 13.1. The Morgan fingerprint density at radius 1 is 1.09 bits per heavy atom. The van der Waals surface area contributed by atoms with Crippen LogP contribution in [0, 0.1) is 18.3 Å². The standard InChI is InChI=1S/C19H21N3/c1-14-7-9-15(10-8-14)17-11-12-21-19(18(17)13-20)22-16-5-3-2-4-6-16/h7-12,16H,2-6H2,1H3,(H,21,22). The van der Waals surface area contributed by atoms with Gasteiger partial charge in [0.1, 0.15) is 17.5 Å². The van der Waals surface area contributed by atoms with Crippen LogP contribution in [0.4, 0.5) is 5.82 Å². The molecule has 0 radical (unpaired) electrons. The highest BCUT2D eigenvalue weighted by molar-refractivity contribution is 5.76. The molecule has 0 bridgehead atoms. The Morgan fingerprint density at radius 3 is 2.50 bits per heavy atom. The number of nitrogens with zero attached hydrogens (tertiary/aromatic N) is 2. The van der Waals surface area contributed by atoms with Gasteiger partial charge < -0.3 is 5.32 Å². The van der Waals surface area contributed by atoms with Crippen LogP contribution in [0.5, 0.6) is 0 Å². The summed E-state index contributed by atoms with van der Waals surface area (Å²) >= 11 is 0. The third-order valence-corrected chi connectivity index (χ3v) is 4.37. The minimum absolute atomic E-state index is 0.446. The van der Waals surface area contributed by atoms with Crippen LogP contribution < -0.4 is 5.32 Å². The molecule has 1 heterocycles. The van der Waals surface area contributed by atoms with Crippen LogP contribution in [0.15, 0.2) is 36.5 Å². The molecule has 3 heteroatoms. The van der Waals surface area contributed by atoms with Gasteiger partial charge in [-0.3, -0.25) is 0 Å². The monoisotopic (exact) mass is 291 g/mol. The first-order valence-electron chi connectivity index (χ1n) is 8.00. The highest BCUT2D eigenvalue weighted by Crippen LogP contribution is 2.29. The Bertz CT molecular complexity index is 677. The van der Waals surface area contributed by atoms with Gasteiger partial charge in [0.05, 0.1) is 0 Å². The van der Waals surface area contributed by atoms with Crippen molar-refractivity contribution in [3.63, 3.8) is 0 Å². The summed E-state index contributed by atoms with van der Waals surface area (Å²) in [5.41, 5.74) is 3.89. The van der Waals surface area contributed by atoms with Gasteiger partial charge in [-0.1, -0.05) is 49.1 Å². The van der Waals surface area contributed by atoms with Gasteiger partial charge in [0.2, 0.25) is 0 Å². The molecule has 22 heavy (non-hydrogen) atoms. The smallest absolute Gasteiger partial charge is 0.144 e. The molecular weight excluding hydrogens is 270 g/mol. The van der Waals surface area contributed by atoms with Crippen molar-refractivity contribution in [3.8, 4) is 17.2 Å². The second-order valence-electron chi connectivity index (χ2n) is 6.04. The van der Waals surface area contributed by atoms with Gasteiger partial charge in [-0.15, -0.1) is 0 Å². The third-order valence-electron chi connectivity index (χ3n) is 4.37. The minimum atomic E-state index is 0.446. The van der Waals surface area contributed by atoms with Crippen molar-refractivity contribution in [2.45, 2.75) is 45.1 Å². The van der Waals surface area contributed by atoms with E-state index in [1.54, 1.807) is 6.20 Å². The van der Waals surface area contributed by atoms with E-state index in [0.29, 0.717) is 11.6 Å². The Hall–Kier alpha value is -2.34. The molecule has 1 fully saturated rings. The molecule has 1 aliphatic rings. The summed E-state index contributed by atoms with van der Waals surface area (Å²) in [6.07, 6.45) is 7.97. The fourth-order valence-electron chi connectivity index (χ4n) is 3.10. The third kappa shape index (κ3) is 3.12. The fraction of sp³-hybridized carbons (Fsp3) is 0.368. The quantitative estimate of drug-likeness (QED) is 0.893. The lowest BCUT2D eigenvalue weighted by atomic mass is 9.95. The molecule has 3 nitrogen and oxygen atoms in total. The number of aromatic nitrogens is 1. The molecule has 0 atom stereocenters. The van der Waals surface area contributed by atoms with Gasteiger partial charge in [0, 0.05) is 17.8 Å². The number of aryl methyl sites for hydroxylation is 1. The van der Waals surface area contributed by atoms with Crippen LogP contribution in [-0.4, -0.2) is 11.0 Å². The summed E-state index contributed by atoms with van der Waals surface area (Å²) in [6, 6.07) is 13.0. The zero-order valence-electron chi connectivity index (χ0n) is 13.0. The minimum Gasteiger partial charge on any atom is -0.366 e. The van der Waals surface area contributed by atoms with Crippen LogP contribution in [0.2, 0.25) is 0 Å². The zero-order valence-corrected chi connectivity index (χ0v) is 13.0. The lowest BCUT2D eigenvalue weighted by Gasteiger charge is -2.24. The number of pyridine rings is 1. The number of nitrogens with one attached hydrogen (secondary N) is 1. The van der Waals surface area contributed by atoms with E-state index in [1.807, 2.05) is 6.07 Å². The van der Waals surface area contributed by atoms with Crippen LogP contribution >= 0.6 is 0 Å².